The van der Waals surface area contributed by atoms with Crippen LogP contribution < -0.4 is 31.0 Å². The lowest BCUT2D eigenvalue weighted by Crippen LogP contribution is -2.06. The fourth-order valence-corrected chi connectivity index (χ4v) is 2.74. The first-order chi connectivity index (χ1) is 15.3. The van der Waals surface area contributed by atoms with Crippen LogP contribution in [0, 0.1) is 6.85 Å². The summed E-state index contributed by atoms with van der Waals surface area (Å²) in [5.74, 6) is 0.0779. The predicted octanol–water partition coefficient (Wildman–Crippen LogP) is 2.74. The van der Waals surface area contributed by atoms with Crippen LogP contribution in [0.4, 0.5) is 17.5 Å². The van der Waals surface area contributed by atoms with Crippen molar-refractivity contribution in [3.8, 4) is 17.2 Å². The van der Waals surface area contributed by atoms with Crippen molar-refractivity contribution < 1.29 is 22.4 Å². The topological polar surface area (TPSA) is 118 Å². The molecule has 27 heavy (non-hydrogen) atoms. The molecule has 1 aromatic heterocycles. The van der Waals surface area contributed by atoms with Crippen LogP contribution in [-0.4, -0.2) is 31.2 Å². The van der Waals surface area contributed by atoms with E-state index in [-0.39, 0.29) is 46.5 Å². The Bertz CT molecular complexity index is 1160. The number of rotatable bonds is 6. The van der Waals surface area contributed by atoms with Crippen LogP contribution >= 0.6 is 0 Å². The quantitative estimate of drug-likeness (QED) is 0.602. The second-order valence-electron chi connectivity index (χ2n) is 5.63. The van der Waals surface area contributed by atoms with Crippen molar-refractivity contribution in [1.82, 2.24) is 9.97 Å². The molecule has 8 nitrogen and oxygen atoms in total. The van der Waals surface area contributed by atoms with Crippen molar-refractivity contribution in [2.24, 2.45) is 0 Å². The van der Waals surface area contributed by atoms with Crippen LogP contribution in [0.15, 0.2) is 24.3 Å². The van der Waals surface area contributed by atoms with Crippen molar-refractivity contribution in [3.63, 3.8) is 0 Å². The van der Waals surface area contributed by atoms with Gasteiger partial charge in [0.15, 0.2) is 11.5 Å². The molecule has 0 fully saturated rings. The first-order valence-corrected chi connectivity index (χ1v) is 7.88. The van der Waals surface area contributed by atoms with E-state index >= 15 is 0 Å². The van der Waals surface area contributed by atoms with E-state index in [0.29, 0.717) is 16.8 Å². The molecular formula is C19H23N5O3. The number of aryl methyl sites for hydroxylation is 1. The number of hydrogen-bond acceptors (Lipinski definition) is 8. The van der Waals surface area contributed by atoms with Gasteiger partial charge >= 0.3 is 0 Å². The molecule has 3 rings (SSSR count). The molecule has 0 saturated heterocycles. The van der Waals surface area contributed by atoms with Crippen LogP contribution in [0.25, 0.3) is 10.9 Å². The minimum Gasteiger partial charge on any atom is -0.493 e. The summed E-state index contributed by atoms with van der Waals surface area (Å²) in [6.45, 7) is -2.42. The third-order valence-corrected chi connectivity index (χ3v) is 4.04. The highest BCUT2D eigenvalue weighted by Gasteiger charge is 2.14. The van der Waals surface area contributed by atoms with E-state index in [1.165, 1.54) is 26.4 Å². The lowest BCUT2D eigenvalue weighted by atomic mass is 10.0. The van der Waals surface area contributed by atoms with Crippen LogP contribution in [0.3, 0.4) is 0 Å². The molecule has 3 aromatic rings. The number of hydrogen-bond donors (Lipinski definition) is 3. The first-order valence-electron chi connectivity index (χ1n) is 10.9. The van der Waals surface area contributed by atoms with E-state index in [4.69, 9.17) is 33.9 Å². The zero-order valence-electron chi connectivity index (χ0n) is 20.8. The number of fused-ring (bicyclic) bond motifs is 1. The maximum absolute atomic E-state index is 8.02. The number of nitrogens with one attached hydrogen (secondary N) is 1. The van der Waals surface area contributed by atoms with E-state index in [0.717, 1.165) is 0 Å². The molecule has 142 valence electrons. The van der Waals surface area contributed by atoms with Crippen LogP contribution in [-0.2, 0) is 6.54 Å². The van der Waals surface area contributed by atoms with Gasteiger partial charge < -0.3 is 31.0 Å². The lowest BCUT2D eigenvalue weighted by molar-refractivity contribution is 0.324. The highest BCUT2D eigenvalue weighted by molar-refractivity contribution is 5.92. The van der Waals surface area contributed by atoms with Gasteiger partial charge in [-0.25, -0.2) is 4.98 Å². The molecule has 0 atom stereocenters. The maximum atomic E-state index is 8.02. The molecule has 8 heteroatoms. The summed E-state index contributed by atoms with van der Waals surface area (Å²) in [4.78, 5) is 7.98. The minimum atomic E-state index is -2.71. The molecule has 0 saturated carbocycles. The second kappa shape index (κ2) is 7.45. The Morgan fingerprint density at radius 1 is 1.07 bits per heavy atom. The van der Waals surface area contributed by atoms with Gasteiger partial charge in [-0.1, -0.05) is 6.07 Å². The third kappa shape index (κ3) is 3.46. The minimum absolute atomic E-state index is 0.00582. The molecule has 2 aromatic carbocycles. The van der Waals surface area contributed by atoms with Crippen molar-refractivity contribution >= 4 is 28.4 Å². The molecule has 0 amide bonds. The molecule has 0 bridgehead atoms. The van der Waals surface area contributed by atoms with Crippen LogP contribution in [0.2, 0.25) is 0 Å². The molecule has 0 aliphatic carbocycles. The average Bonchev–Trinajstić information content (AvgIpc) is 2.70. The van der Waals surface area contributed by atoms with Gasteiger partial charge in [0.1, 0.15) is 5.82 Å². The van der Waals surface area contributed by atoms with E-state index in [1.54, 1.807) is 12.1 Å². The summed E-state index contributed by atoms with van der Waals surface area (Å²) in [7, 11) is 0.00551. The van der Waals surface area contributed by atoms with E-state index in [1.807, 2.05) is 0 Å². The summed E-state index contributed by atoms with van der Waals surface area (Å²) in [5.41, 5.74) is 12.9. The smallest absolute Gasteiger partial charge is 0.222 e. The number of anilines is 3. The number of nitrogens with two attached hydrogens (primary N) is 2. The SMILES string of the molecule is [2H]C([2H])([2H])Oc1c(OC)cc(NCc2ccc3nc(N)nc(N)c3c2C([2H])([2H])[2H])cc1OC. The lowest BCUT2D eigenvalue weighted by Gasteiger charge is -2.16. The largest absolute Gasteiger partial charge is 0.493 e. The first kappa shape index (κ1) is 12.1. The van der Waals surface area contributed by atoms with Crippen molar-refractivity contribution in [2.45, 2.75) is 13.4 Å². The molecule has 5 N–H and O–H groups in total. The van der Waals surface area contributed by atoms with Gasteiger partial charge in [-0.3, -0.25) is 0 Å². The number of methoxy groups -OCH3 is 3. The number of ether oxygens (including phenoxy) is 3. The normalized spacial score (nSPS) is 14.9. The summed E-state index contributed by atoms with van der Waals surface area (Å²) >= 11 is 0. The second-order valence-corrected chi connectivity index (χ2v) is 5.63. The predicted molar refractivity (Wildman–Crippen MR) is 107 cm³/mol. The average molecular weight is 375 g/mol. The Morgan fingerprint density at radius 3 is 2.44 bits per heavy atom. The van der Waals surface area contributed by atoms with Gasteiger partial charge in [0, 0.05) is 33.9 Å². The molecule has 1 heterocycles. The fraction of sp³-hybridized carbons (Fsp3) is 0.263. The van der Waals surface area contributed by atoms with E-state index < -0.39 is 13.9 Å². The Morgan fingerprint density at radius 2 is 1.81 bits per heavy atom. The molecule has 0 aliphatic heterocycles. The summed E-state index contributed by atoms with van der Waals surface area (Å²) in [6.07, 6.45) is 0. The Kier molecular flexibility index (Phi) is 3.32. The van der Waals surface area contributed by atoms with Gasteiger partial charge in [0.2, 0.25) is 11.7 Å². The Balaban J connectivity index is 2.02. The zero-order chi connectivity index (χ0) is 24.6. The molecule has 0 spiro atoms. The van der Waals surface area contributed by atoms with Crippen molar-refractivity contribution in [2.75, 3.05) is 38.0 Å². The monoisotopic (exact) mass is 375 g/mol. The Labute approximate surface area is 165 Å². The number of nitrogen functional groups attached to an aromatic ring is 2. The van der Waals surface area contributed by atoms with Gasteiger partial charge in [0.05, 0.1) is 30.9 Å². The van der Waals surface area contributed by atoms with Gasteiger partial charge in [-0.05, 0) is 24.0 Å². The van der Waals surface area contributed by atoms with Crippen LogP contribution in [0.5, 0.6) is 17.2 Å². The standard InChI is InChI=1S/C19H23N5O3/c1-10-11(5-6-13-16(10)18(20)24-19(21)23-13)9-22-12-7-14(25-2)17(27-4)15(8-12)26-3/h5-8,22H,9H2,1-4H3,(H4,20,21,23,24)/i1D3,4D3. The van der Waals surface area contributed by atoms with Gasteiger partial charge in [-0.2, -0.15) is 4.98 Å². The van der Waals surface area contributed by atoms with E-state index in [9.17, 15) is 0 Å². The molecule has 0 unspecified atom stereocenters. The van der Waals surface area contributed by atoms with Gasteiger partial charge in [0.25, 0.3) is 0 Å². The number of aromatic nitrogens is 2. The maximum Gasteiger partial charge on any atom is 0.222 e. The zero-order valence-corrected chi connectivity index (χ0v) is 14.8. The molecule has 0 radical (unpaired) electrons. The number of benzene rings is 2. The van der Waals surface area contributed by atoms with Crippen LogP contribution in [0.1, 0.15) is 19.4 Å². The van der Waals surface area contributed by atoms with E-state index in [2.05, 4.69) is 15.3 Å². The summed E-state index contributed by atoms with van der Waals surface area (Å²) in [6, 6.07) is 6.25. The highest BCUT2D eigenvalue weighted by Crippen LogP contribution is 2.40. The highest BCUT2D eigenvalue weighted by atomic mass is 16.5. The summed E-state index contributed by atoms with van der Waals surface area (Å²) in [5, 5.41) is 3.30. The molecule has 0 aliphatic rings. The van der Waals surface area contributed by atoms with Crippen molar-refractivity contribution in [3.05, 3.63) is 35.4 Å². The Hall–Kier alpha value is -3.42. The third-order valence-electron chi connectivity index (χ3n) is 4.04. The van der Waals surface area contributed by atoms with Crippen molar-refractivity contribution in [1.29, 1.82) is 0 Å². The fourth-order valence-electron chi connectivity index (χ4n) is 2.74. The molecular weight excluding hydrogens is 346 g/mol. The summed E-state index contributed by atoms with van der Waals surface area (Å²) < 4.78 is 61.6. The van der Waals surface area contributed by atoms with Gasteiger partial charge in [-0.15, -0.1) is 0 Å². The number of nitrogens with zero attached hydrogens (tertiary/aromatic N) is 2.